The van der Waals surface area contributed by atoms with E-state index < -0.39 is 18.1 Å². The molecule has 2 atom stereocenters. The Bertz CT molecular complexity index is 967. The Labute approximate surface area is 222 Å². The molecular formula is C29H48O3SSi2. The topological polar surface area (TPSA) is 35.5 Å². The minimum Gasteiger partial charge on any atom is -0.413 e. The SMILES string of the molecule is CCC(=O)c1cc(CCc2ccc(C(O[SiH](C)C)C(C)(C)C)c(C(O[SiH](C)C)C(C)(C)C)c2)cs1. The summed E-state index contributed by atoms with van der Waals surface area (Å²) in [6.07, 6.45) is 2.51. The zero-order chi connectivity index (χ0) is 26.6. The standard InChI is InChI=1S/C29H48O3SSi2/c1-12-24(30)25-18-21(19-33-25)14-13-20-15-16-22(26(28(2,3)4)31-34(8)9)23(17-20)27(29(5,6)7)32-35(10)11/h15-19,26-27,34-35H,12-14H2,1-11H3. The molecule has 0 aliphatic heterocycles. The van der Waals surface area contributed by atoms with Gasteiger partial charge in [0.1, 0.15) is 0 Å². The molecule has 1 aromatic heterocycles. The summed E-state index contributed by atoms with van der Waals surface area (Å²) in [5.41, 5.74) is 5.10. The number of thiophene rings is 1. The lowest BCUT2D eigenvalue weighted by Crippen LogP contribution is -2.31. The minimum atomic E-state index is -1.27. The second-order valence-corrected chi connectivity index (χ2v) is 18.1. The average Bonchev–Trinajstić information content (AvgIpc) is 3.21. The van der Waals surface area contributed by atoms with Crippen LogP contribution in [0.1, 0.15) is 99.0 Å². The van der Waals surface area contributed by atoms with Crippen molar-refractivity contribution in [3.63, 3.8) is 0 Å². The molecule has 0 radical (unpaired) electrons. The van der Waals surface area contributed by atoms with E-state index in [-0.39, 0.29) is 28.8 Å². The van der Waals surface area contributed by atoms with Gasteiger partial charge in [0.2, 0.25) is 0 Å². The molecule has 0 saturated heterocycles. The highest BCUT2D eigenvalue weighted by molar-refractivity contribution is 7.12. The predicted octanol–water partition coefficient (Wildman–Crippen LogP) is 8.30. The molecule has 2 aromatic rings. The van der Waals surface area contributed by atoms with E-state index in [4.69, 9.17) is 8.85 Å². The van der Waals surface area contributed by atoms with Crippen LogP contribution in [0, 0.1) is 10.8 Å². The van der Waals surface area contributed by atoms with E-state index in [1.165, 1.54) is 22.3 Å². The van der Waals surface area contributed by atoms with E-state index in [1.54, 1.807) is 11.3 Å². The van der Waals surface area contributed by atoms with E-state index in [1.807, 2.05) is 6.92 Å². The molecule has 1 aromatic carbocycles. The van der Waals surface area contributed by atoms with Crippen molar-refractivity contribution in [3.8, 4) is 0 Å². The summed E-state index contributed by atoms with van der Waals surface area (Å²) in [7, 11) is -2.53. The van der Waals surface area contributed by atoms with Crippen LogP contribution in [0.4, 0.5) is 0 Å². The molecule has 0 N–H and O–H groups in total. The van der Waals surface area contributed by atoms with Crippen molar-refractivity contribution in [3.05, 3.63) is 56.8 Å². The summed E-state index contributed by atoms with van der Waals surface area (Å²) in [4.78, 5) is 12.9. The van der Waals surface area contributed by atoms with Crippen molar-refractivity contribution in [2.45, 2.75) is 106 Å². The highest BCUT2D eigenvalue weighted by atomic mass is 32.1. The molecule has 0 bridgehead atoms. The number of carbonyl (C=O) groups excluding carboxylic acids is 1. The Morgan fingerprint density at radius 1 is 0.829 bits per heavy atom. The molecule has 0 spiro atoms. The molecule has 3 nitrogen and oxygen atoms in total. The van der Waals surface area contributed by atoms with Crippen LogP contribution >= 0.6 is 11.3 Å². The van der Waals surface area contributed by atoms with Gasteiger partial charge in [-0.1, -0.05) is 66.7 Å². The Morgan fingerprint density at radius 3 is 1.83 bits per heavy atom. The Balaban J connectivity index is 2.50. The van der Waals surface area contributed by atoms with Crippen LogP contribution in [0.2, 0.25) is 26.2 Å². The van der Waals surface area contributed by atoms with Crippen LogP contribution in [-0.2, 0) is 21.7 Å². The Kier molecular flexibility index (Phi) is 10.7. The first-order valence-electron chi connectivity index (χ1n) is 13.2. The smallest absolute Gasteiger partial charge is 0.172 e. The maximum atomic E-state index is 12.1. The molecule has 1 heterocycles. The summed E-state index contributed by atoms with van der Waals surface area (Å²) in [6.45, 7) is 24.6. The van der Waals surface area contributed by atoms with Gasteiger partial charge >= 0.3 is 0 Å². The first-order chi connectivity index (χ1) is 16.1. The first kappa shape index (κ1) is 30.2. The van der Waals surface area contributed by atoms with Gasteiger partial charge in [-0.15, -0.1) is 11.3 Å². The van der Waals surface area contributed by atoms with Gasteiger partial charge in [-0.05, 0) is 83.6 Å². The number of carbonyl (C=O) groups is 1. The fraction of sp³-hybridized carbons (Fsp3) is 0.621. The van der Waals surface area contributed by atoms with E-state index in [0.717, 1.165) is 17.7 Å². The van der Waals surface area contributed by atoms with Gasteiger partial charge in [0.15, 0.2) is 23.9 Å². The zero-order valence-corrected chi connectivity index (χ0v) is 27.1. The summed E-state index contributed by atoms with van der Waals surface area (Å²) in [5.74, 6) is 0.234. The van der Waals surface area contributed by atoms with E-state index in [2.05, 4.69) is 97.4 Å². The largest absolute Gasteiger partial charge is 0.413 e. The average molecular weight is 533 g/mol. The van der Waals surface area contributed by atoms with Crippen molar-refractivity contribution < 1.29 is 13.6 Å². The van der Waals surface area contributed by atoms with Crippen LogP contribution in [0.25, 0.3) is 0 Å². The third kappa shape index (κ3) is 8.78. The van der Waals surface area contributed by atoms with Crippen LogP contribution in [-0.4, -0.2) is 23.9 Å². The van der Waals surface area contributed by atoms with E-state index in [9.17, 15) is 4.79 Å². The lowest BCUT2D eigenvalue weighted by atomic mass is 9.77. The van der Waals surface area contributed by atoms with Gasteiger partial charge in [0.05, 0.1) is 17.1 Å². The molecule has 2 unspecified atom stereocenters. The first-order valence-corrected chi connectivity index (χ1v) is 19.6. The molecule has 35 heavy (non-hydrogen) atoms. The fourth-order valence-electron chi connectivity index (χ4n) is 4.39. The summed E-state index contributed by atoms with van der Waals surface area (Å²) in [6, 6.07) is 9.05. The highest BCUT2D eigenvalue weighted by Gasteiger charge is 2.35. The van der Waals surface area contributed by atoms with Gasteiger partial charge in [-0.3, -0.25) is 4.79 Å². The number of benzene rings is 1. The van der Waals surface area contributed by atoms with Gasteiger partial charge in [-0.25, -0.2) is 0 Å². The van der Waals surface area contributed by atoms with Crippen molar-refractivity contribution in [1.82, 2.24) is 0 Å². The summed E-state index contributed by atoms with van der Waals surface area (Å²) in [5, 5.41) is 2.14. The van der Waals surface area contributed by atoms with E-state index in [0.29, 0.717) is 6.42 Å². The molecule has 0 saturated carbocycles. The van der Waals surface area contributed by atoms with Crippen molar-refractivity contribution in [1.29, 1.82) is 0 Å². The van der Waals surface area contributed by atoms with Crippen LogP contribution < -0.4 is 0 Å². The quantitative estimate of drug-likeness (QED) is 0.216. The molecular weight excluding hydrogens is 485 g/mol. The third-order valence-corrected chi connectivity index (χ3v) is 8.71. The molecule has 6 heteroatoms. The predicted molar refractivity (Wildman–Crippen MR) is 157 cm³/mol. The molecule has 0 aliphatic carbocycles. The number of hydrogen-bond donors (Lipinski definition) is 0. The number of Topliss-reactive ketones (excluding diaryl/α,β-unsaturated/α-hetero) is 1. The fourth-order valence-corrected chi connectivity index (χ4v) is 7.55. The van der Waals surface area contributed by atoms with Crippen LogP contribution in [0.3, 0.4) is 0 Å². The van der Waals surface area contributed by atoms with E-state index >= 15 is 0 Å². The van der Waals surface area contributed by atoms with Gasteiger partial charge in [0.25, 0.3) is 0 Å². The maximum absolute atomic E-state index is 12.1. The summed E-state index contributed by atoms with van der Waals surface area (Å²) < 4.78 is 13.4. The lowest BCUT2D eigenvalue weighted by Gasteiger charge is -2.39. The van der Waals surface area contributed by atoms with Crippen molar-refractivity contribution in [2.75, 3.05) is 0 Å². The Morgan fingerprint density at radius 2 is 1.34 bits per heavy atom. The highest BCUT2D eigenvalue weighted by Crippen LogP contribution is 2.45. The van der Waals surface area contributed by atoms with Gasteiger partial charge in [-0.2, -0.15) is 0 Å². The van der Waals surface area contributed by atoms with Crippen molar-refractivity contribution >= 4 is 35.2 Å². The normalized spacial score (nSPS) is 14.5. The number of ketones is 1. The van der Waals surface area contributed by atoms with Crippen LogP contribution in [0.15, 0.2) is 29.6 Å². The van der Waals surface area contributed by atoms with Gasteiger partial charge in [0, 0.05) is 6.42 Å². The lowest BCUT2D eigenvalue weighted by molar-refractivity contribution is 0.0655. The molecule has 196 valence electrons. The number of aryl methyl sites for hydroxylation is 2. The molecule has 0 amide bonds. The second kappa shape index (κ2) is 12.5. The maximum Gasteiger partial charge on any atom is 0.172 e. The van der Waals surface area contributed by atoms with Crippen LogP contribution in [0.5, 0.6) is 0 Å². The minimum absolute atomic E-state index is 0.00980. The molecule has 2 rings (SSSR count). The summed E-state index contributed by atoms with van der Waals surface area (Å²) >= 11 is 1.57. The van der Waals surface area contributed by atoms with Gasteiger partial charge < -0.3 is 8.85 Å². The molecule has 0 fully saturated rings. The monoisotopic (exact) mass is 532 g/mol. The number of rotatable bonds is 11. The number of hydrogen-bond acceptors (Lipinski definition) is 4. The van der Waals surface area contributed by atoms with Crippen molar-refractivity contribution in [2.24, 2.45) is 10.8 Å². The Hall–Kier alpha value is -1.06. The zero-order valence-electron chi connectivity index (χ0n) is 24.0. The molecule has 0 aliphatic rings. The second-order valence-electron chi connectivity index (χ2n) is 12.4. The third-order valence-electron chi connectivity index (χ3n) is 6.06.